The summed E-state index contributed by atoms with van der Waals surface area (Å²) < 4.78 is 5.54. The van der Waals surface area contributed by atoms with Crippen molar-refractivity contribution in [2.75, 3.05) is 13.2 Å². The number of ether oxygens (including phenoxy) is 1. The first-order valence-corrected chi connectivity index (χ1v) is 6.74. The average molecular weight is 292 g/mol. The molecule has 0 radical (unpaired) electrons. The summed E-state index contributed by atoms with van der Waals surface area (Å²) in [4.78, 5) is 10.0. The SMILES string of the molecule is CC(C)N(CCOc1nc(Cl)ncc1Cl)C(C)C. The fourth-order valence-corrected chi connectivity index (χ4v) is 2.06. The Balaban J connectivity index is 2.52. The van der Waals surface area contributed by atoms with Crippen molar-refractivity contribution >= 4 is 23.2 Å². The van der Waals surface area contributed by atoms with Gasteiger partial charge >= 0.3 is 0 Å². The second-order valence-electron chi connectivity index (χ2n) is 4.57. The largest absolute Gasteiger partial charge is 0.475 e. The zero-order valence-corrected chi connectivity index (χ0v) is 12.7. The standard InChI is InChI=1S/C12H19Cl2N3O/c1-8(2)17(9(3)4)5-6-18-11-10(13)7-15-12(14)16-11/h7-9H,5-6H2,1-4H3. The fraction of sp³-hybridized carbons (Fsp3) is 0.667. The minimum atomic E-state index is 0.138. The Morgan fingerprint density at radius 3 is 2.39 bits per heavy atom. The Labute approximate surface area is 118 Å². The maximum absolute atomic E-state index is 5.91. The average Bonchev–Trinajstić information content (AvgIpc) is 2.27. The summed E-state index contributed by atoms with van der Waals surface area (Å²) in [5, 5.41) is 0.513. The van der Waals surface area contributed by atoms with E-state index in [0.29, 0.717) is 29.6 Å². The molecule has 102 valence electrons. The Morgan fingerprint density at radius 2 is 1.83 bits per heavy atom. The molecule has 6 heteroatoms. The molecule has 1 heterocycles. The van der Waals surface area contributed by atoms with Gasteiger partial charge in [0.1, 0.15) is 11.6 Å². The van der Waals surface area contributed by atoms with Gasteiger partial charge in [-0.3, -0.25) is 4.90 Å². The highest BCUT2D eigenvalue weighted by Crippen LogP contribution is 2.21. The Kier molecular flexibility index (Phi) is 6.12. The number of hydrogen-bond donors (Lipinski definition) is 0. The number of aromatic nitrogens is 2. The molecule has 1 aromatic rings. The Hall–Kier alpha value is -0.580. The zero-order chi connectivity index (χ0) is 13.7. The predicted octanol–water partition coefficient (Wildman–Crippen LogP) is 3.28. The summed E-state index contributed by atoms with van der Waals surface area (Å²) in [5.74, 6) is 0.337. The minimum Gasteiger partial charge on any atom is -0.475 e. The van der Waals surface area contributed by atoms with Crippen LogP contribution in [0.15, 0.2) is 6.20 Å². The molecule has 0 atom stereocenters. The smallest absolute Gasteiger partial charge is 0.237 e. The molecule has 0 aliphatic heterocycles. The third-order valence-corrected chi connectivity index (χ3v) is 3.04. The first-order chi connectivity index (χ1) is 8.41. The van der Waals surface area contributed by atoms with E-state index in [-0.39, 0.29) is 5.28 Å². The van der Waals surface area contributed by atoms with E-state index in [4.69, 9.17) is 27.9 Å². The van der Waals surface area contributed by atoms with Gasteiger partial charge in [-0.15, -0.1) is 0 Å². The van der Waals surface area contributed by atoms with Gasteiger partial charge in [-0.25, -0.2) is 4.98 Å². The van der Waals surface area contributed by atoms with Gasteiger partial charge in [0.15, 0.2) is 0 Å². The summed E-state index contributed by atoms with van der Waals surface area (Å²) in [6, 6.07) is 0.941. The summed E-state index contributed by atoms with van der Waals surface area (Å²) in [6.45, 7) is 9.98. The summed E-state index contributed by atoms with van der Waals surface area (Å²) in [6.07, 6.45) is 1.44. The Bertz CT molecular complexity index is 378. The van der Waals surface area contributed by atoms with Crippen LogP contribution in [0.4, 0.5) is 0 Å². The molecule has 0 fully saturated rings. The number of nitrogens with zero attached hydrogens (tertiary/aromatic N) is 3. The van der Waals surface area contributed by atoms with Crippen LogP contribution >= 0.6 is 23.2 Å². The molecular weight excluding hydrogens is 273 g/mol. The highest BCUT2D eigenvalue weighted by molar-refractivity contribution is 6.32. The summed E-state index contributed by atoms with van der Waals surface area (Å²) in [5.41, 5.74) is 0. The second kappa shape index (κ2) is 7.12. The zero-order valence-electron chi connectivity index (χ0n) is 11.2. The van der Waals surface area contributed by atoms with Crippen molar-refractivity contribution in [1.29, 1.82) is 0 Å². The van der Waals surface area contributed by atoms with Crippen LogP contribution in [-0.2, 0) is 0 Å². The normalized spacial score (nSPS) is 11.6. The van der Waals surface area contributed by atoms with Crippen LogP contribution in [0.25, 0.3) is 0 Å². The summed E-state index contributed by atoms with van der Waals surface area (Å²) >= 11 is 11.6. The van der Waals surface area contributed by atoms with Crippen LogP contribution in [0.2, 0.25) is 10.3 Å². The van der Waals surface area contributed by atoms with Crippen LogP contribution < -0.4 is 4.74 Å². The van der Waals surface area contributed by atoms with Gasteiger partial charge in [0.2, 0.25) is 11.2 Å². The van der Waals surface area contributed by atoms with Gasteiger partial charge in [0.25, 0.3) is 0 Å². The molecule has 0 aliphatic carbocycles. The van der Waals surface area contributed by atoms with Crippen LogP contribution in [0.3, 0.4) is 0 Å². The van der Waals surface area contributed by atoms with E-state index >= 15 is 0 Å². The minimum absolute atomic E-state index is 0.138. The number of halogens is 2. The lowest BCUT2D eigenvalue weighted by Gasteiger charge is -2.30. The predicted molar refractivity (Wildman–Crippen MR) is 74.5 cm³/mol. The molecule has 18 heavy (non-hydrogen) atoms. The van der Waals surface area contributed by atoms with Crippen molar-refractivity contribution in [3.05, 3.63) is 16.5 Å². The van der Waals surface area contributed by atoms with Gasteiger partial charge < -0.3 is 4.74 Å². The summed E-state index contributed by atoms with van der Waals surface area (Å²) in [7, 11) is 0. The van der Waals surface area contributed by atoms with Crippen molar-refractivity contribution < 1.29 is 4.74 Å². The highest BCUT2D eigenvalue weighted by atomic mass is 35.5. The molecule has 0 saturated carbocycles. The lowest BCUT2D eigenvalue weighted by atomic mass is 10.2. The van der Waals surface area contributed by atoms with E-state index in [1.807, 2.05) is 0 Å². The van der Waals surface area contributed by atoms with E-state index in [1.165, 1.54) is 6.20 Å². The number of rotatable bonds is 6. The van der Waals surface area contributed by atoms with E-state index in [0.717, 1.165) is 6.54 Å². The molecule has 4 nitrogen and oxygen atoms in total. The van der Waals surface area contributed by atoms with Crippen molar-refractivity contribution in [1.82, 2.24) is 14.9 Å². The molecule has 0 aromatic carbocycles. The van der Waals surface area contributed by atoms with E-state index < -0.39 is 0 Å². The van der Waals surface area contributed by atoms with Crippen molar-refractivity contribution in [2.45, 2.75) is 39.8 Å². The van der Waals surface area contributed by atoms with Gasteiger partial charge in [-0.1, -0.05) is 11.6 Å². The third kappa shape index (κ3) is 4.59. The molecule has 0 saturated heterocycles. The molecule has 1 aromatic heterocycles. The quantitative estimate of drug-likeness (QED) is 0.754. The molecule has 0 unspecified atom stereocenters. The van der Waals surface area contributed by atoms with Gasteiger partial charge in [-0.05, 0) is 39.3 Å². The Morgan fingerprint density at radius 1 is 1.22 bits per heavy atom. The molecule has 0 spiro atoms. The molecule has 0 N–H and O–H groups in total. The van der Waals surface area contributed by atoms with Crippen LogP contribution in [-0.4, -0.2) is 40.1 Å². The van der Waals surface area contributed by atoms with Gasteiger partial charge in [0, 0.05) is 18.6 Å². The monoisotopic (exact) mass is 291 g/mol. The van der Waals surface area contributed by atoms with Crippen LogP contribution in [0.1, 0.15) is 27.7 Å². The second-order valence-corrected chi connectivity index (χ2v) is 5.31. The molecule has 0 bridgehead atoms. The maximum atomic E-state index is 5.91. The van der Waals surface area contributed by atoms with E-state index in [2.05, 4.69) is 42.6 Å². The topological polar surface area (TPSA) is 38.2 Å². The van der Waals surface area contributed by atoms with Crippen molar-refractivity contribution in [3.8, 4) is 5.88 Å². The van der Waals surface area contributed by atoms with E-state index in [1.54, 1.807) is 0 Å². The van der Waals surface area contributed by atoms with Gasteiger partial charge in [-0.2, -0.15) is 4.98 Å². The lowest BCUT2D eigenvalue weighted by molar-refractivity contribution is 0.140. The lowest BCUT2D eigenvalue weighted by Crippen LogP contribution is -2.39. The fourth-order valence-electron chi connectivity index (χ4n) is 1.79. The van der Waals surface area contributed by atoms with Crippen molar-refractivity contribution in [2.24, 2.45) is 0 Å². The molecule has 1 rings (SSSR count). The van der Waals surface area contributed by atoms with Crippen LogP contribution in [0, 0.1) is 0 Å². The third-order valence-electron chi connectivity index (χ3n) is 2.60. The van der Waals surface area contributed by atoms with E-state index in [9.17, 15) is 0 Å². The number of hydrogen-bond acceptors (Lipinski definition) is 4. The first-order valence-electron chi connectivity index (χ1n) is 5.98. The molecular formula is C12H19Cl2N3O. The highest BCUT2D eigenvalue weighted by Gasteiger charge is 2.13. The molecule has 0 aliphatic rings. The molecule has 0 amide bonds. The van der Waals surface area contributed by atoms with Gasteiger partial charge in [0.05, 0.1) is 6.20 Å². The first kappa shape index (κ1) is 15.5. The van der Waals surface area contributed by atoms with Crippen molar-refractivity contribution in [3.63, 3.8) is 0 Å². The van der Waals surface area contributed by atoms with Crippen LogP contribution in [0.5, 0.6) is 5.88 Å². The maximum Gasteiger partial charge on any atom is 0.237 e.